The quantitative estimate of drug-likeness (QED) is 0.341. The number of carbonyl (C=O) groups is 3. The van der Waals surface area contributed by atoms with Crippen molar-refractivity contribution >= 4 is 34.2 Å². The summed E-state index contributed by atoms with van der Waals surface area (Å²) in [7, 11) is 0. The molecule has 1 amide bonds. The third kappa shape index (κ3) is 5.67. The Balaban J connectivity index is 1.43. The molecule has 180 valence electrons. The zero-order chi connectivity index (χ0) is 24.8. The lowest BCUT2D eigenvalue weighted by Gasteiger charge is -2.07. The van der Waals surface area contributed by atoms with E-state index in [1.807, 2.05) is 30.3 Å². The van der Waals surface area contributed by atoms with Gasteiger partial charge in [0.05, 0.1) is 18.7 Å². The van der Waals surface area contributed by atoms with Crippen LogP contribution in [0.2, 0.25) is 0 Å². The number of thiophene rings is 1. The molecule has 0 bridgehead atoms. The molecule has 4 rings (SSSR count). The molecule has 35 heavy (non-hydrogen) atoms. The molecule has 0 unspecified atom stereocenters. The van der Waals surface area contributed by atoms with Gasteiger partial charge in [-0.05, 0) is 43.2 Å². The number of carbonyl (C=O) groups excluding carboxylic acids is 3. The fourth-order valence-electron chi connectivity index (χ4n) is 3.41. The molecule has 0 aliphatic heterocycles. The second kappa shape index (κ2) is 10.8. The highest BCUT2D eigenvalue weighted by Gasteiger charge is 2.25. The fourth-order valence-corrected chi connectivity index (χ4v) is 4.62. The van der Waals surface area contributed by atoms with Crippen molar-refractivity contribution in [3.8, 4) is 10.4 Å². The van der Waals surface area contributed by atoms with Crippen molar-refractivity contribution in [3.63, 3.8) is 0 Å². The lowest BCUT2D eigenvalue weighted by molar-refractivity contribution is -0.119. The predicted molar refractivity (Wildman–Crippen MR) is 129 cm³/mol. The number of ether oxygens (including phenoxy) is 2. The van der Waals surface area contributed by atoms with Crippen molar-refractivity contribution in [3.05, 3.63) is 83.6 Å². The van der Waals surface area contributed by atoms with E-state index < -0.39 is 24.5 Å². The third-order valence-corrected chi connectivity index (χ3v) is 6.25. The summed E-state index contributed by atoms with van der Waals surface area (Å²) in [5, 5.41) is 7.09. The lowest BCUT2D eigenvalue weighted by Crippen LogP contribution is -2.21. The maximum absolute atomic E-state index is 12.6. The Morgan fingerprint density at radius 3 is 2.57 bits per heavy atom. The van der Waals surface area contributed by atoms with Crippen LogP contribution in [-0.2, 0) is 20.8 Å². The maximum atomic E-state index is 12.6. The first kappa shape index (κ1) is 24.0. The zero-order valence-electron chi connectivity index (χ0n) is 19.1. The Morgan fingerprint density at radius 1 is 1.06 bits per heavy atom. The van der Waals surface area contributed by atoms with Gasteiger partial charge in [0.25, 0.3) is 5.91 Å². The van der Waals surface area contributed by atoms with Crippen molar-refractivity contribution in [1.29, 1.82) is 0 Å². The Bertz CT molecular complexity index is 1320. The maximum Gasteiger partial charge on any atom is 0.374 e. The van der Waals surface area contributed by atoms with Crippen LogP contribution in [0.5, 0.6) is 0 Å². The van der Waals surface area contributed by atoms with E-state index in [1.165, 1.54) is 17.4 Å². The molecule has 0 radical (unpaired) electrons. The number of esters is 2. The lowest BCUT2D eigenvalue weighted by atomic mass is 10.1. The second-order valence-electron chi connectivity index (χ2n) is 7.44. The molecule has 10 heteroatoms. The van der Waals surface area contributed by atoms with Crippen LogP contribution in [0.1, 0.15) is 39.2 Å². The van der Waals surface area contributed by atoms with Crippen molar-refractivity contribution in [2.75, 3.05) is 18.5 Å². The van der Waals surface area contributed by atoms with Gasteiger partial charge in [-0.2, -0.15) is 5.10 Å². The predicted octanol–water partition coefficient (Wildman–Crippen LogP) is 4.53. The minimum Gasteiger partial charge on any atom is -0.462 e. The average Bonchev–Trinajstić information content (AvgIpc) is 3.60. The Hall–Kier alpha value is -4.18. The molecule has 0 fully saturated rings. The molecule has 9 nitrogen and oxygen atoms in total. The zero-order valence-corrected chi connectivity index (χ0v) is 20.0. The standard InChI is InChI=1S/C25H23N3O6S/c1-3-32-25(31)21-16(2)22(17-8-5-4-6-9-17)35-23(21)27-20(29)15-33-24(30)19-11-10-18(34-19)14-28-13-7-12-26-28/h4-13H,3,14-15H2,1-2H3,(H,27,29). The Morgan fingerprint density at radius 2 is 1.86 bits per heavy atom. The van der Waals surface area contributed by atoms with Crippen molar-refractivity contribution in [2.24, 2.45) is 0 Å². The average molecular weight is 494 g/mol. The Labute approximate surface area is 205 Å². The topological polar surface area (TPSA) is 113 Å². The van der Waals surface area contributed by atoms with Crippen LogP contribution in [0, 0.1) is 6.92 Å². The SMILES string of the molecule is CCOC(=O)c1c(NC(=O)COC(=O)c2ccc(Cn3cccn3)o2)sc(-c2ccccc2)c1C. The van der Waals surface area contributed by atoms with Gasteiger partial charge in [0.1, 0.15) is 10.8 Å². The highest BCUT2D eigenvalue weighted by molar-refractivity contribution is 7.20. The monoisotopic (exact) mass is 493 g/mol. The van der Waals surface area contributed by atoms with Crippen LogP contribution in [-0.4, -0.2) is 40.8 Å². The van der Waals surface area contributed by atoms with E-state index in [0.717, 1.165) is 10.4 Å². The number of nitrogens with one attached hydrogen (secondary N) is 1. The Kier molecular flexibility index (Phi) is 7.41. The van der Waals surface area contributed by atoms with Crippen LogP contribution in [0.15, 0.2) is 65.3 Å². The molecule has 0 aliphatic rings. The van der Waals surface area contributed by atoms with Crippen molar-refractivity contribution in [1.82, 2.24) is 9.78 Å². The summed E-state index contributed by atoms with van der Waals surface area (Å²) >= 11 is 1.26. The van der Waals surface area contributed by atoms with E-state index in [4.69, 9.17) is 13.9 Å². The van der Waals surface area contributed by atoms with Gasteiger partial charge in [0, 0.05) is 17.3 Å². The summed E-state index contributed by atoms with van der Waals surface area (Å²) in [4.78, 5) is 38.4. The van der Waals surface area contributed by atoms with E-state index in [1.54, 1.807) is 43.1 Å². The van der Waals surface area contributed by atoms with Gasteiger partial charge in [-0.25, -0.2) is 9.59 Å². The molecule has 0 spiro atoms. The van der Waals surface area contributed by atoms with Gasteiger partial charge in [0.2, 0.25) is 5.76 Å². The van der Waals surface area contributed by atoms with E-state index >= 15 is 0 Å². The number of rotatable bonds is 9. The molecular weight excluding hydrogens is 470 g/mol. The van der Waals surface area contributed by atoms with E-state index in [2.05, 4.69) is 10.4 Å². The molecule has 1 aromatic carbocycles. The summed E-state index contributed by atoms with van der Waals surface area (Å²) < 4.78 is 17.4. The van der Waals surface area contributed by atoms with Gasteiger partial charge in [-0.15, -0.1) is 11.3 Å². The number of hydrogen-bond donors (Lipinski definition) is 1. The highest BCUT2D eigenvalue weighted by atomic mass is 32.1. The summed E-state index contributed by atoms with van der Waals surface area (Å²) in [5.41, 5.74) is 1.90. The third-order valence-electron chi connectivity index (χ3n) is 4.99. The van der Waals surface area contributed by atoms with Crippen LogP contribution in [0.4, 0.5) is 5.00 Å². The molecule has 3 aromatic heterocycles. The van der Waals surface area contributed by atoms with Gasteiger partial charge in [-0.3, -0.25) is 9.48 Å². The van der Waals surface area contributed by atoms with Gasteiger partial charge in [0.15, 0.2) is 6.61 Å². The molecule has 0 saturated heterocycles. The number of hydrogen-bond acceptors (Lipinski definition) is 8. The van der Waals surface area contributed by atoms with E-state index in [0.29, 0.717) is 22.9 Å². The molecule has 0 atom stereocenters. The van der Waals surface area contributed by atoms with Gasteiger partial charge >= 0.3 is 11.9 Å². The summed E-state index contributed by atoms with van der Waals surface area (Å²) in [6, 6.07) is 14.4. The van der Waals surface area contributed by atoms with E-state index in [9.17, 15) is 14.4 Å². The number of furan rings is 1. The number of amides is 1. The summed E-state index contributed by atoms with van der Waals surface area (Å²) in [6.07, 6.45) is 3.41. The number of anilines is 1. The van der Waals surface area contributed by atoms with Crippen LogP contribution < -0.4 is 5.32 Å². The summed E-state index contributed by atoms with van der Waals surface area (Å²) in [5.74, 6) is -1.40. The molecule has 1 N–H and O–H groups in total. The van der Waals surface area contributed by atoms with Gasteiger partial charge in [-0.1, -0.05) is 30.3 Å². The first-order chi connectivity index (χ1) is 17.0. The summed E-state index contributed by atoms with van der Waals surface area (Å²) in [6.45, 7) is 3.53. The minimum atomic E-state index is -0.773. The molecule has 0 saturated carbocycles. The molecule has 0 aliphatic carbocycles. The number of benzene rings is 1. The molecular formula is C25H23N3O6S. The fraction of sp³-hybridized carbons (Fsp3) is 0.200. The normalized spacial score (nSPS) is 10.7. The smallest absolute Gasteiger partial charge is 0.374 e. The number of nitrogens with zero attached hydrogens (tertiary/aromatic N) is 2. The highest BCUT2D eigenvalue weighted by Crippen LogP contribution is 2.40. The van der Waals surface area contributed by atoms with Crippen LogP contribution in [0.3, 0.4) is 0 Å². The number of aromatic nitrogens is 2. The first-order valence-electron chi connectivity index (χ1n) is 10.8. The van der Waals surface area contributed by atoms with E-state index in [-0.39, 0.29) is 17.9 Å². The van der Waals surface area contributed by atoms with Crippen molar-refractivity contribution < 1.29 is 28.3 Å². The minimum absolute atomic E-state index is 0.0227. The molecule has 3 heterocycles. The largest absolute Gasteiger partial charge is 0.462 e. The van der Waals surface area contributed by atoms with Crippen molar-refractivity contribution in [2.45, 2.75) is 20.4 Å². The first-order valence-corrected chi connectivity index (χ1v) is 11.7. The van der Waals surface area contributed by atoms with Crippen LogP contribution >= 0.6 is 11.3 Å². The van der Waals surface area contributed by atoms with Gasteiger partial charge < -0.3 is 19.2 Å². The molecule has 4 aromatic rings. The second-order valence-corrected chi connectivity index (χ2v) is 8.46. The van der Waals surface area contributed by atoms with Crippen LogP contribution in [0.25, 0.3) is 10.4 Å².